The first kappa shape index (κ1) is 10.5. The van der Waals surface area contributed by atoms with Crippen molar-refractivity contribution in [3.63, 3.8) is 0 Å². The van der Waals surface area contributed by atoms with Crippen LogP contribution < -0.4 is 10.5 Å². The van der Waals surface area contributed by atoms with Crippen molar-refractivity contribution in [2.24, 2.45) is 5.73 Å². The van der Waals surface area contributed by atoms with E-state index in [-0.39, 0.29) is 11.6 Å². The maximum Gasteiger partial charge on any atom is 0.165 e. The van der Waals surface area contributed by atoms with Gasteiger partial charge in [0.05, 0.1) is 0 Å². The molecule has 0 heterocycles. The minimum atomic E-state index is -0.605. The number of rotatable bonds is 3. The van der Waals surface area contributed by atoms with Crippen LogP contribution in [0.25, 0.3) is 0 Å². The van der Waals surface area contributed by atoms with Gasteiger partial charge in [0.25, 0.3) is 0 Å². The number of amidine groups is 1. The van der Waals surface area contributed by atoms with E-state index in [1.807, 2.05) is 6.92 Å². The molecule has 0 fully saturated rings. The Bertz CT molecular complexity index is 352. The van der Waals surface area contributed by atoms with Crippen LogP contribution in [-0.4, -0.2) is 11.9 Å². The lowest BCUT2D eigenvalue weighted by Crippen LogP contribution is -2.30. The summed E-state index contributed by atoms with van der Waals surface area (Å²) in [5.41, 5.74) is 6.11. The highest BCUT2D eigenvalue weighted by Crippen LogP contribution is 2.19. The second-order valence-corrected chi connectivity index (χ2v) is 3.15. The molecule has 0 saturated carbocycles. The van der Waals surface area contributed by atoms with Gasteiger partial charge in [0.1, 0.15) is 5.84 Å². The Balaban J connectivity index is 2.85. The fourth-order valence-corrected chi connectivity index (χ4v) is 0.955. The third-order valence-electron chi connectivity index (χ3n) is 1.83. The summed E-state index contributed by atoms with van der Waals surface area (Å²) in [5.74, 6) is -0.428. The first-order chi connectivity index (χ1) is 6.50. The summed E-state index contributed by atoms with van der Waals surface area (Å²) >= 11 is 0. The number of nitrogens with one attached hydrogen (secondary N) is 1. The van der Waals surface area contributed by atoms with E-state index in [4.69, 9.17) is 15.9 Å². The Morgan fingerprint density at radius 3 is 2.79 bits per heavy atom. The Hall–Kier alpha value is -1.58. The molecule has 1 rings (SSSR count). The van der Waals surface area contributed by atoms with E-state index in [1.54, 1.807) is 19.1 Å². The smallest absolute Gasteiger partial charge is 0.165 e. The van der Waals surface area contributed by atoms with Gasteiger partial charge in [-0.15, -0.1) is 0 Å². The van der Waals surface area contributed by atoms with E-state index < -0.39 is 11.9 Å². The quantitative estimate of drug-likeness (QED) is 0.572. The SMILES string of the molecule is Cc1ccc(F)c(OC(C)C(=N)N)c1. The highest BCUT2D eigenvalue weighted by atomic mass is 19.1. The first-order valence-electron chi connectivity index (χ1n) is 4.27. The number of halogens is 1. The van der Waals surface area contributed by atoms with Gasteiger partial charge in [-0.1, -0.05) is 6.07 Å². The largest absolute Gasteiger partial charge is 0.480 e. The van der Waals surface area contributed by atoms with E-state index in [0.29, 0.717) is 0 Å². The zero-order valence-corrected chi connectivity index (χ0v) is 8.17. The zero-order valence-electron chi connectivity index (χ0n) is 8.17. The standard InChI is InChI=1S/C10H13FN2O/c1-6-3-4-8(11)9(5-6)14-7(2)10(12)13/h3-5,7H,1-2H3,(H3,12,13). The molecule has 0 aliphatic heterocycles. The predicted molar refractivity (Wildman–Crippen MR) is 53.1 cm³/mol. The van der Waals surface area contributed by atoms with Crippen LogP contribution in [0.3, 0.4) is 0 Å². The Morgan fingerprint density at radius 2 is 2.21 bits per heavy atom. The summed E-state index contributed by atoms with van der Waals surface area (Å²) < 4.78 is 18.3. The van der Waals surface area contributed by atoms with Gasteiger partial charge >= 0.3 is 0 Å². The van der Waals surface area contributed by atoms with Crippen molar-refractivity contribution in [1.29, 1.82) is 5.41 Å². The van der Waals surface area contributed by atoms with Crippen LogP contribution in [0.5, 0.6) is 5.75 Å². The molecular weight excluding hydrogens is 183 g/mol. The van der Waals surface area contributed by atoms with E-state index in [9.17, 15) is 4.39 Å². The molecule has 0 aromatic heterocycles. The predicted octanol–water partition coefficient (Wildman–Crippen LogP) is 1.84. The molecule has 0 spiro atoms. The summed E-state index contributed by atoms with van der Waals surface area (Å²) in [5, 5.41) is 7.10. The number of benzene rings is 1. The van der Waals surface area contributed by atoms with Gasteiger partial charge in [0.2, 0.25) is 0 Å². The summed E-state index contributed by atoms with van der Waals surface area (Å²) in [6, 6.07) is 4.56. The van der Waals surface area contributed by atoms with Crippen LogP contribution in [0.1, 0.15) is 12.5 Å². The molecule has 3 nitrogen and oxygen atoms in total. The number of hydrogen-bond acceptors (Lipinski definition) is 2. The van der Waals surface area contributed by atoms with E-state index in [2.05, 4.69) is 0 Å². The highest BCUT2D eigenvalue weighted by molar-refractivity contribution is 5.81. The average Bonchev–Trinajstić information content (AvgIpc) is 2.11. The zero-order chi connectivity index (χ0) is 10.7. The Labute approximate surface area is 82.2 Å². The van der Waals surface area contributed by atoms with Crippen molar-refractivity contribution in [3.8, 4) is 5.75 Å². The molecule has 14 heavy (non-hydrogen) atoms. The number of hydrogen-bond donors (Lipinski definition) is 2. The van der Waals surface area contributed by atoms with Crippen molar-refractivity contribution >= 4 is 5.84 Å². The molecule has 1 aromatic carbocycles. The molecule has 76 valence electrons. The summed E-state index contributed by atoms with van der Waals surface area (Å²) in [7, 11) is 0. The molecule has 1 atom stereocenters. The van der Waals surface area contributed by atoms with Gasteiger partial charge in [0, 0.05) is 0 Å². The van der Waals surface area contributed by atoms with Crippen molar-refractivity contribution in [1.82, 2.24) is 0 Å². The maximum absolute atomic E-state index is 13.2. The van der Waals surface area contributed by atoms with E-state index in [1.165, 1.54) is 6.07 Å². The molecule has 1 aromatic rings. The molecule has 0 aliphatic carbocycles. The number of nitrogens with two attached hydrogens (primary N) is 1. The highest BCUT2D eigenvalue weighted by Gasteiger charge is 2.10. The molecule has 0 radical (unpaired) electrons. The van der Waals surface area contributed by atoms with Crippen molar-refractivity contribution in [3.05, 3.63) is 29.6 Å². The fourth-order valence-electron chi connectivity index (χ4n) is 0.955. The summed E-state index contributed by atoms with van der Waals surface area (Å²) in [6.07, 6.45) is -0.605. The second kappa shape index (κ2) is 4.09. The fraction of sp³-hybridized carbons (Fsp3) is 0.300. The van der Waals surface area contributed by atoms with Crippen LogP contribution in [0.2, 0.25) is 0 Å². The summed E-state index contributed by atoms with van der Waals surface area (Å²) in [4.78, 5) is 0. The lowest BCUT2D eigenvalue weighted by molar-refractivity contribution is 0.270. The van der Waals surface area contributed by atoms with E-state index in [0.717, 1.165) is 5.56 Å². The van der Waals surface area contributed by atoms with Gasteiger partial charge in [-0.25, -0.2) is 4.39 Å². The van der Waals surface area contributed by atoms with Crippen molar-refractivity contribution in [2.75, 3.05) is 0 Å². The minimum absolute atomic E-state index is 0.120. The van der Waals surface area contributed by atoms with Gasteiger partial charge < -0.3 is 10.5 Å². The minimum Gasteiger partial charge on any atom is -0.480 e. The molecule has 4 heteroatoms. The lowest BCUT2D eigenvalue weighted by Gasteiger charge is -2.13. The molecule has 3 N–H and O–H groups in total. The second-order valence-electron chi connectivity index (χ2n) is 3.15. The molecule has 0 aliphatic rings. The summed E-state index contributed by atoms with van der Waals surface area (Å²) in [6.45, 7) is 3.44. The van der Waals surface area contributed by atoms with Crippen molar-refractivity contribution < 1.29 is 9.13 Å². The van der Waals surface area contributed by atoms with Crippen LogP contribution in [0, 0.1) is 18.2 Å². The molecule has 0 amide bonds. The van der Waals surface area contributed by atoms with Crippen LogP contribution in [0.4, 0.5) is 4.39 Å². The number of aryl methyl sites for hydroxylation is 1. The van der Waals surface area contributed by atoms with E-state index >= 15 is 0 Å². The third-order valence-corrected chi connectivity index (χ3v) is 1.83. The normalized spacial score (nSPS) is 12.2. The first-order valence-corrected chi connectivity index (χ1v) is 4.27. The van der Waals surface area contributed by atoms with Crippen molar-refractivity contribution in [2.45, 2.75) is 20.0 Å². The van der Waals surface area contributed by atoms with Gasteiger partial charge in [-0.3, -0.25) is 5.41 Å². The molecular formula is C10H13FN2O. The Morgan fingerprint density at radius 1 is 1.57 bits per heavy atom. The Kier molecular flexibility index (Phi) is 3.06. The monoisotopic (exact) mass is 196 g/mol. The average molecular weight is 196 g/mol. The van der Waals surface area contributed by atoms with Gasteiger partial charge in [-0.2, -0.15) is 0 Å². The molecule has 0 saturated heterocycles. The van der Waals surface area contributed by atoms with Gasteiger partial charge in [-0.05, 0) is 31.5 Å². The van der Waals surface area contributed by atoms with Crippen LogP contribution >= 0.6 is 0 Å². The van der Waals surface area contributed by atoms with Crippen LogP contribution in [0.15, 0.2) is 18.2 Å². The van der Waals surface area contributed by atoms with Crippen LogP contribution in [-0.2, 0) is 0 Å². The molecule has 0 bridgehead atoms. The molecule has 1 unspecified atom stereocenters. The van der Waals surface area contributed by atoms with Gasteiger partial charge in [0.15, 0.2) is 17.7 Å². The third kappa shape index (κ3) is 2.45. The maximum atomic E-state index is 13.2. The lowest BCUT2D eigenvalue weighted by atomic mass is 10.2. The number of ether oxygens (including phenoxy) is 1. The topological polar surface area (TPSA) is 59.1 Å².